The van der Waals surface area contributed by atoms with Gasteiger partial charge < -0.3 is 10.6 Å². The molecule has 0 saturated carbocycles. The van der Waals surface area contributed by atoms with Crippen molar-refractivity contribution in [2.24, 2.45) is 0 Å². The second-order valence-electron chi connectivity index (χ2n) is 4.08. The number of hydrogen-bond donors (Lipinski definition) is 2. The van der Waals surface area contributed by atoms with Gasteiger partial charge in [-0.2, -0.15) is 5.10 Å². The number of rotatable bonds is 2. The summed E-state index contributed by atoms with van der Waals surface area (Å²) in [6.07, 6.45) is 3.61. The molecule has 0 radical (unpaired) electrons. The van der Waals surface area contributed by atoms with E-state index in [0.717, 1.165) is 31.0 Å². The third-order valence-corrected chi connectivity index (χ3v) is 2.73. The molecule has 2 N–H and O–H groups in total. The van der Waals surface area contributed by atoms with Crippen molar-refractivity contribution in [1.82, 2.24) is 15.5 Å². The van der Waals surface area contributed by atoms with Crippen LogP contribution in [0.15, 0.2) is 12.1 Å². The lowest BCUT2D eigenvalue weighted by Gasteiger charge is -2.15. The van der Waals surface area contributed by atoms with Crippen molar-refractivity contribution < 1.29 is 0 Å². The van der Waals surface area contributed by atoms with Crippen molar-refractivity contribution in [1.29, 1.82) is 0 Å². The summed E-state index contributed by atoms with van der Waals surface area (Å²) in [7, 11) is 0. The van der Waals surface area contributed by atoms with Gasteiger partial charge in [0.2, 0.25) is 0 Å². The van der Waals surface area contributed by atoms with Gasteiger partial charge >= 0.3 is 0 Å². The summed E-state index contributed by atoms with van der Waals surface area (Å²) >= 11 is 0. The zero-order valence-electron chi connectivity index (χ0n) is 9.16. The molecular weight excluding hydrogens is 188 g/mol. The molecule has 1 fully saturated rings. The molecule has 2 heterocycles. The second kappa shape index (κ2) is 5.07. The van der Waals surface area contributed by atoms with Gasteiger partial charge in [-0.1, -0.05) is 0 Å². The van der Waals surface area contributed by atoms with E-state index in [-0.39, 0.29) is 0 Å². The van der Waals surface area contributed by atoms with E-state index in [0.29, 0.717) is 6.04 Å². The topological polar surface area (TPSA) is 49.8 Å². The van der Waals surface area contributed by atoms with E-state index in [2.05, 4.69) is 20.8 Å². The number of hydrogen-bond acceptors (Lipinski definition) is 4. The number of aryl methyl sites for hydroxylation is 1. The van der Waals surface area contributed by atoms with Crippen LogP contribution in [0.4, 0.5) is 5.82 Å². The first-order chi connectivity index (χ1) is 7.34. The number of nitrogens with zero attached hydrogens (tertiary/aromatic N) is 2. The molecule has 1 saturated heterocycles. The smallest absolute Gasteiger partial charge is 0.148 e. The molecular formula is C11H18N4. The summed E-state index contributed by atoms with van der Waals surface area (Å²) in [5.41, 5.74) is 0.961. The van der Waals surface area contributed by atoms with Crippen LogP contribution >= 0.6 is 0 Å². The van der Waals surface area contributed by atoms with Crippen LogP contribution in [0.3, 0.4) is 0 Å². The largest absolute Gasteiger partial charge is 0.366 e. The lowest BCUT2D eigenvalue weighted by atomic mass is 10.1. The van der Waals surface area contributed by atoms with Crippen molar-refractivity contribution >= 4 is 5.82 Å². The first-order valence-corrected chi connectivity index (χ1v) is 5.62. The highest BCUT2D eigenvalue weighted by Gasteiger charge is 2.11. The molecule has 1 aliphatic heterocycles. The lowest BCUT2D eigenvalue weighted by molar-refractivity contribution is 0.633. The van der Waals surface area contributed by atoms with E-state index in [1.54, 1.807) is 0 Å². The predicted octanol–water partition coefficient (Wildman–Crippen LogP) is 1.34. The lowest BCUT2D eigenvalue weighted by Crippen LogP contribution is -2.22. The Labute approximate surface area is 90.5 Å². The molecule has 4 nitrogen and oxygen atoms in total. The molecule has 0 amide bonds. The van der Waals surface area contributed by atoms with E-state index in [9.17, 15) is 0 Å². The van der Waals surface area contributed by atoms with Crippen LogP contribution in [0.2, 0.25) is 0 Å². The average Bonchev–Trinajstić information content (AvgIpc) is 2.50. The molecule has 0 spiro atoms. The summed E-state index contributed by atoms with van der Waals surface area (Å²) in [4.78, 5) is 0. The third kappa shape index (κ3) is 3.16. The van der Waals surface area contributed by atoms with Gasteiger partial charge in [-0.15, -0.1) is 5.10 Å². The van der Waals surface area contributed by atoms with Crippen LogP contribution in [0.25, 0.3) is 0 Å². The van der Waals surface area contributed by atoms with Crippen molar-refractivity contribution in [2.75, 3.05) is 18.4 Å². The van der Waals surface area contributed by atoms with Gasteiger partial charge in [-0.25, -0.2) is 0 Å². The van der Waals surface area contributed by atoms with Crippen molar-refractivity contribution in [3.63, 3.8) is 0 Å². The molecule has 1 aromatic rings. The first-order valence-electron chi connectivity index (χ1n) is 5.62. The Morgan fingerprint density at radius 2 is 2.20 bits per heavy atom. The number of nitrogens with one attached hydrogen (secondary N) is 2. The summed E-state index contributed by atoms with van der Waals surface area (Å²) in [5.74, 6) is 0.896. The second-order valence-corrected chi connectivity index (χ2v) is 4.08. The average molecular weight is 206 g/mol. The maximum Gasteiger partial charge on any atom is 0.148 e. The highest BCUT2D eigenvalue weighted by atomic mass is 15.2. The minimum absolute atomic E-state index is 0.539. The zero-order chi connectivity index (χ0) is 10.5. The highest BCUT2D eigenvalue weighted by Crippen LogP contribution is 2.11. The Bertz CT molecular complexity index is 288. The van der Waals surface area contributed by atoms with E-state index >= 15 is 0 Å². The van der Waals surface area contributed by atoms with E-state index < -0.39 is 0 Å². The third-order valence-electron chi connectivity index (χ3n) is 2.73. The van der Waals surface area contributed by atoms with Gasteiger partial charge in [0.1, 0.15) is 5.82 Å². The molecule has 2 rings (SSSR count). The molecule has 4 heteroatoms. The van der Waals surface area contributed by atoms with Crippen molar-refractivity contribution in [2.45, 2.75) is 32.2 Å². The standard InChI is InChI=1S/C11H18N4/c1-9-4-5-11(15-14-9)13-10-3-2-7-12-8-6-10/h4-5,10,12H,2-3,6-8H2,1H3,(H,13,15). The maximum absolute atomic E-state index is 4.12. The first kappa shape index (κ1) is 10.4. The van der Waals surface area contributed by atoms with Crippen LogP contribution in [0, 0.1) is 6.92 Å². The fourth-order valence-electron chi connectivity index (χ4n) is 1.85. The maximum atomic E-state index is 4.12. The monoisotopic (exact) mass is 206 g/mol. The fraction of sp³-hybridized carbons (Fsp3) is 0.636. The molecule has 0 aliphatic carbocycles. The normalized spacial score (nSPS) is 22.1. The molecule has 0 aromatic carbocycles. The van der Waals surface area contributed by atoms with Crippen LogP contribution in [-0.4, -0.2) is 29.3 Å². The van der Waals surface area contributed by atoms with E-state index in [4.69, 9.17) is 0 Å². The Hall–Kier alpha value is -1.16. The molecule has 1 atom stereocenters. The van der Waals surface area contributed by atoms with Gasteiger partial charge in [-0.05, 0) is 51.4 Å². The molecule has 1 aliphatic rings. The zero-order valence-corrected chi connectivity index (χ0v) is 9.16. The van der Waals surface area contributed by atoms with E-state index in [1.807, 2.05) is 19.1 Å². The Balaban J connectivity index is 1.92. The minimum Gasteiger partial charge on any atom is -0.366 e. The Kier molecular flexibility index (Phi) is 3.50. The summed E-state index contributed by atoms with van der Waals surface area (Å²) in [6.45, 7) is 4.18. The van der Waals surface area contributed by atoms with Gasteiger partial charge in [0.05, 0.1) is 5.69 Å². The van der Waals surface area contributed by atoms with Gasteiger partial charge in [0.15, 0.2) is 0 Å². The molecule has 1 aromatic heterocycles. The molecule has 15 heavy (non-hydrogen) atoms. The number of anilines is 1. The fourth-order valence-corrected chi connectivity index (χ4v) is 1.85. The van der Waals surface area contributed by atoms with Crippen LogP contribution in [-0.2, 0) is 0 Å². The predicted molar refractivity (Wildman–Crippen MR) is 60.9 cm³/mol. The van der Waals surface area contributed by atoms with Gasteiger partial charge in [0, 0.05) is 6.04 Å². The molecule has 82 valence electrons. The van der Waals surface area contributed by atoms with Crippen molar-refractivity contribution in [3.05, 3.63) is 17.8 Å². The van der Waals surface area contributed by atoms with Crippen LogP contribution in [0.1, 0.15) is 25.0 Å². The van der Waals surface area contributed by atoms with Crippen molar-refractivity contribution in [3.8, 4) is 0 Å². The minimum atomic E-state index is 0.539. The van der Waals surface area contributed by atoms with Crippen LogP contribution in [0.5, 0.6) is 0 Å². The summed E-state index contributed by atoms with van der Waals surface area (Å²) in [6, 6.07) is 4.53. The summed E-state index contributed by atoms with van der Waals surface area (Å²) < 4.78 is 0. The Morgan fingerprint density at radius 1 is 1.27 bits per heavy atom. The van der Waals surface area contributed by atoms with Gasteiger partial charge in [0.25, 0.3) is 0 Å². The van der Waals surface area contributed by atoms with Gasteiger partial charge in [-0.3, -0.25) is 0 Å². The van der Waals surface area contributed by atoms with E-state index in [1.165, 1.54) is 12.8 Å². The SMILES string of the molecule is Cc1ccc(NC2CCCNCC2)nn1. The molecule has 0 bridgehead atoms. The Morgan fingerprint density at radius 3 is 3.00 bits per heavy atom. The number of aromatic nitrogens is 2. The molecule has 1 unspecified atom stereocenters. The highest BCUT2D eigenvalue weighted by molar-refractivity contribution is 5.34. The quantitative estimate of drug-likeness (QED) is 0.766. The summed E-state index contributed by atoms with van der Waals surface area (Å²) in [5, 5.41) is 15.0. The van der Waals surface area contributed by atoms with Crippen LogP contribution < -0.4 is 10.6 Å².